The Balaban J connectivity index is 2.58. The fourth-order valence-electron chi connectivity index (χ4n) is 1.65. The van der Waals surface area contributed by atoms with Crippen molar-refractivity contribution in [2.24, 2.45) is 0 Å². The van der Waals surface area contributed by atoms with E-state index in [0.717, 1.165) is 5.56 Å². The van der Waals surface area contributed by atoms with Crippen molar-refractivity contribution in [2.75, 3.05) is 0 Å². The van der Waals surface area contributed by atoms with Crippen molar-refractivity contribution in [1.29, 1.82) is 5.26 Å². The first-order valence-corrected chi connectivity index (χ1v) is 5.11. The van der Waals surface area contributed by atoms with Gasteiger partial charge in [0.25, 0.3) is 0 Å². The molecule has 0 saturated heterocycles. The molecule has 0 aliphatic rings. The van der Waals surface area contributed by atoms with Crippen LogP contribution in [-0.2, 0) is 0 Å². The summed E-state index contributed by atoms with van der Waals surface area (Å²) in [5, 5.41) is 18.2. The number of nitriles is 1. The highest BCUT2D eigenvalue weighted by Gasteiger charge is 2.08. The maximum absolute atomic E-state index is 13.7. The number of hydrogen-bond donors (Lipinski definition) is 1. The van der Waals surface area contributed by atoms with E-state index < -0.39 is 0 Å². The van der Waals surface area contributed by atoms with Crippen LogP contribution in [0.15, 0.2) is 36.4 Å². The predicted molar refractivity (Wildman–Crippen MR) is 63.0 cm³/mol. The Morgan fingerprint density at radius 1 is 1.18 bits per heavy atom. The molecule has 0 fully saturated rings. The Labute approximate surface area is 98.6 Å². The van der Waals surface area contributed by atoms with E-state index in [0.29, 0.717) is 11.1 Å². The summed E-state index contributed by atoms with van der Waals surface area (Å²) in [6, 6.07) is 11.2. The van der Waals surface area contributed by atoms with Gasteiger partial charge in [0.15, 0.2) is 0 Å². The standard InChI is InChI=1S/C14H10FNO/c1-9-2-4-12(13(15)6-9)10-3-5-14(17)11(7-10)8-16/h2-7,17H,1H3. The highest BCUT2D eigenvalue weighted by Crippen LogP contribution is 2.27. The molecule has 0 saturated carbocycles. The molecule has 2 nitrogen and oxygen atoms in total. The first-order valence-electron chi connectivity index (χ1n) is 5.11. The lowest BCUT2D eigenvalue weighted by Crippen LogP contribution is -1.87. The lowest BCUT2D eigenvalue weighted by Gasteiger charge is -2.05. The lowest BCUT2D eigenvalue weighted by molar-refractivity contribution is 0.473. The van der Waals surface area contributed by atoms with Crippen molar-refractivity contribution in [3.8, 4) is 22.9 Å². The van der Waals surface area contributed by atoms with Crippen LogP contribution in [0.25, 0.3) is 11.1 Å². The highest BCUT2D eigenvalue weighted by molar-refractivity contribution is 5.68. The molecule has 0 spiro atoms. The highest BCUT2D eigenvalue weighted by atomic mass is 19.1. The molecule has 0 aliphatic heterocycles. The van der Waals surface area contributed by atoms with Gasteiger partial charge >= 0.3 is 0 Å². The summed E-state index contributed by atoms with van der Waals surface area (Å²) in [4.78, 5) is 0. The largest absolute Gasteiger partial charge is 0.507 e. The van der Waals surface area contributed by atoms with Gasteiger partial charge in [-0.25, -0.2) is 4.39 Å². The van der Waals surface area contributed by atoms with Gasteiger partial charge in [-0.1, -0.05) is 18.2 Å². The number of benzene rings is 2. The van der Waals surface area contributed by atoms with Gasteiger partial charge in [0.2, 0.25) is 0 Å². The van der Waals surface area contributed by atoms with Gasteiger partial charge in [0.1, 0.15) is 17.6 Å². The zero-order valence-corrected chi connectivity index (χ0v) is 9.24. The summed E-state index contributed by atoms with van der Waals surface area (Å²) in [7, 11) is 0. The van der Waals surface area contributed by atoms with Crippen molar-refractivity contribution >= 4 is 0 Å². The molecule has 2 aromatic carbocycles. The van der Waals surface area contributed by atoms with E-state index >= 15 is 0 Å². The first kappa shape index (κ1) is 11.2. The van der Waals surface area contributed by atoms with Crippen LogP contribution in [0.3, 0.4) is 0 Å². The Bertz CT molecular complexity index is 614. The number of rotatable bonds is 1. The van der Waals surface area contributed by atoms with Crippen molar-refractivity contribution in [3.63, 3.8) is 0 Å². The maximum atomic E-state index is 13.7. The van der Waals surface area contributed by atoms with Crippen molar-refractivity contribution in [1.82, 2.24) is 0 Å². The molecule has 0 unspecified atom stereocenters. The Hall–Kier alpha value is -2.34. The molecule has 0 heterocycles. The summed E-state index contributed by atoms with van der Waals surface area (Å²) >= 11 is 0. The Morgan fingerprint density at radius 2 is 1.94 bits per heavy atom. The fourth-order valence-corrected chi connectivity index (χ4v) is 1.65. The molecule has 3 heteroatoms. The number of halogens is 1. The summed E-state index contributed by atoms with van der Waals surface area (Å²) in [5.74, 6) is -0.427. The molecule has 0 aromatic heterocycles. The number of hydrogen-bond acceptors (Lipinski definition) is 2. The molecule has 17 heavy (non-hydrogen) atoms. The first-order chi connectivity index (χ1) is 8.11. The minimum Gasteiger partial charge on any atom is -0.507 e. The van der Waals surface area contributed by atoms with E-state index in [1.807, 2.05) is 13.0 Å². The third-order valence-corrected chi connectivity index (χ3v) is 2.55. The molecule has 0 atom stereocenters. The number of nitrogens with zero attached hydrogens (tertiary/aromatic N) is 1. The van der Waals surface area contributed by atoms with Gasteiger partial charge in [-0.3, -0.25) is 0 Å². The Kier molecular flexibility index (Phi) is 2.80. The molecule has 1 N–H and O–H groups in total. The van der Waals surface area contributed by atoms with Gasteiger partial charge in [0.05, 0.1) is 5.56 Å². The second-order valence-corrected chi connectivity index (χ2v) is 3.83. The second-order valence-electron chi connectivity index (χ2n) is 3.83. The summed E-state index contributed by atoms with van der Waals surface area (Å²) in [6.07, 6.45) is 0. The predicted octanol–water partition coefficient (Wildman–Crippen LogP) is 3.38. The molecule has 0 radical (unpaired) electrons. The van der Waals surface area contributed by atoms with E-state index in [1.165, 1.54) is 18.2 Å². The summed E-state index contributed by atoms with van der Waals surface area (Å²) < 4.78 is 13.7. The van der Waals surface area contributed by atoms with Crippen LogP contribution in [0.1, 0.15) is 11.1 Å². The van der Waals surface area contributed by atoms with Gasteiger partial charge in [-0.2, -0.15) is 5.26 Å². The molecular formula is C14H10FNO. The van der Waals surface area contributed by atoms with Gasteiger partial charge in [-0.15, -0.1) is 0 Å². The summed E-state index contributed by atoms with van der Waals surface area (Å²) in [6.45, 7) is 1.81. The quantitative estimate of drug-likeness (QED) is 0.811. The van der Waals surface area contributed by atoms with E-state index in [1.54, 1.807) is 18.2 Å². The van der Waals surface area contributed by atoms with Crippen LogP contribution in [0.4, 0.5) is 4.39 Å². The number of aryl methyl sites for hydroxylation is 1. The number of aromatic hydroxyl groups is 1. The molecule has 2 aromatic rings. The van der Waals surface area contributed by atoms with Crippen LogP contribution >= 0.6 is 0 Å². The van der Waals surface area contributed by atoms with Gasteiger partial charge in [-0.05, 0) is 36.2 Å². The minimum atomic E-state index is -0.334. The van der Waals surface area contributed by atoms with E-state index in [-0.39, 0.29) is 17.1 Å². The fraction of sp³-hybridized carbons (Fsp3) is 0.0714. The molecule has 84 valence electrons. The molecular weight excluding hydrogens is 217 g/mol. The van der Waals surface area contributed by atoms with Gasteiger partial charge < -0.3 is 5.11 Å². The third-order valence-electron chi connectivity index (χ3n) is 2.55. The van der Waals surface area contributed by atoms with Crippen LogP contribution in [0, 0.1) is 24.1 Å². The average Bonchev–Trinajstić information content (AvgIpc) is 2.30. The van der Waals surface area contributed by atoms with Crippen LogP contribution in [0.2, 0.25) is 0 Å². The number of phenolic OH excluding ortho intramolecular Hbond substituents is 1. The lowest BCUT2D eigenvalue weighted by atomic mass is 10.0. The second kappa shape index (κ2) is 4.26. The normalized spacial score (nSPS) is 9.94. The SMILES string of the molecule is Cc1ccc(-c2ccc(O)c(C#N)c2)c(F)c1. The van der Waals surface area contributed by atoms with Gasteiger partial charge in [0, 0.05) is 5.56 Å². The van der Waals surface area contributed by atoms with Crippen molar-refractivity contribution < 1.29 is 9.50 Å². The van der Waals surface area contributed by atoms with Crippen LogP contribution in [-0.4, -0.2) is 5.11 Å². The summed E-state index contributed by atoms with van der Waals surface area (Å²) in [5.41, 5.74) is 1.98. The van der Waals surface area contributed by atoms with Crippen LogP contribution < -0.4 is 0 Å². The van der Waals surface area contributed by atoms with Crippen molar-refractivity contribution in [2.45, 2.75) is 6.92 Å². The zero-order valence-electron chi connectivity index (χ0n) is 9.24. The minimum absolute atomic E-state index is 0.0937. The Morgan fingerprint density at radius 3 is 2.59 bits per heavy atom. The smallest absolute Gasteiger partial charge is 0.133 e. The number of phenols is 1. The van der Waals surface area contributed by atoms with E-state index in [2.05, 4.69) is 0 Å². The van der Waals surface area contributed by atoms with E-state index in [9.17, 15) is 9.50 Å². The molecule has 0 amide bonds. The zero-order chi connectivity index (χ0) is 12.4. The maximum Gasteiger partial charge on any atom is 0.133 e. The monoisotopic (exact) mass is 227 g/mol. The topological polar surface area (TPSA) is 44.0 Å². The average molecular weight is 227 g/mol. The molecule has 2 rings (SSSR count). The van der Waals surface area contributed by atoms with Crippen LogP contribution in [0.5, 0.6) is 5.75 Å². The third kappa shape index (κ3) is 2.11. The molecule has 0 aliphatic carbocycles. The van der Waals surface area contributed by atoms with E-state index in [4.69, 9.17) is 5.26 Å². The van der Waals surface area contributed by atoms with Crippen molar-refractivity contribution in [3.05, 3.63) is 53.3 Å². The molecule has 0 bridgehead atoms.